The molecule has 1 atom stereocenters. The molecule has 1 aliphatic heterocycles. The highest BCUT2D eigenvalue weighted by molar-refractivity contribution is 7.91. The average Bonchev–Trinajstić information content (AvgIpc) is 2.85. The van der Waals surface area contributed by atoms with Crippen molar-refractivity contribution in [3.8, 4) is 6.07 Å². The van der Waals surface area contributed by atoms with E-state index >= 15 is 0 Å². The van der Waals surface area contributed by atoms with Crippen LogP contribution in [-0.2, 0) is 14.6 Å². The number of nitriles is 1. The van der Waals surface area contributed by atoms with Crippen molar-refractivity contribution in [1.82, 2.24) is 4.90 Å². The molecule has 1 aromatic rings. The molecule has 1 fully saturated rings. The van der Waals surface area contributed by atoms with Crippen LogP contribution in [0.15, 0.2) is 24.3 Å². The van der Waals surface area contributed by atoms with Crippen LogP contribution in [0.1, 0.15) is 18.4 Å². The largest absolute Gasteiger partial charge is 0.326 e. The van der Waals surface area contributed by atoms with Gasteiger partial charge in [-0.05, 0) is 31.7 Å². The van der Waals surface area contributed by atoms with Gasteiger partial charge in [-0.15, -0.1) is 0 Å². The number of benzene rings is 1. The zero-order valence-electron chi connectivity index (χ0n) is 12.4. The molecule has 1 aliphatic rings. The molecule has 1 aromatic carbocycles. The molecule has 1 N–H and O–H groups in total. The molecule has 6 nitrogen and oxygen atoms in total. The summed E-state index contributed by atoms with van der Waals surface area (Å²) in [7, 11) is -1.07. The Bertz CT molecular complexity index is 694. The molecule has 0 spiro atoms. The quantitative estimate of drug-likeness (QED) is 0.874. The summed E-state index contributed by atoms with van der Waals surface area (Å²) in [6.45, 7) is 0.504. The van der Waals surface area contributed by atoms with E-state index in [1.165, 1.54) is 0 Å². The molecule has 0 radical (unpaired) electrons. The smallest absolute Gasteiger partial charge is 0.225 e. The molecule has 1 amide bonds. The summed E-state index contributed by atoms with van der Waals surface area (Å²) >= 11 is 0. The summed E-state index contributed by atoms with van der Waals surface area (Å²) < 4.78 is 22.9. The van der Waals surface area contributed by atoms with Crippen LogP contribution in [0, 0.1) is 11.3 Å². The maximum Gasteiger partial charge on any atom is 0.225 e. The molecular formula is C15H19N3O3S. The number of hydrogen-bond donors (Lipinski definition) is 1. The summed E-state index contributed by atoms with van der Waals surface area (Å²) in [5, 5.41) is 11.6. The minimum atomic E-state index is -2.91. The number of hydrogen-bond acceptors (Lipinski definition) is 5. The SMILES string of the molecule is CN(CCC(=O)Nc1cccc(C#N)c1)C1CCS(=O)(=O)C1. The molecule has 0 saturated carbocycles. The van der Waals surface area contributed by atoms with E-state index in [9.17, 15) is 13.2 Å². The molecule has 1 saturated heterocycles. The Morgan fingerprint density at radius 1 is 1.50 bits per heavy atom. The van der Waals surface area contributed by atoms with Gasteiger partial charge in [-0.1, -0.05) is 6.07 Å². The minimum absolute atomic E-state index is 0.000262. The van der Waals surface area contributed by atoms with Crippen LogP contribution < -0.4 is 5.32 Å². The van der Waals surface area contributed by atoms with Crippen LogP contribution >= 0.6 is 0 Å². The van der Waals surface area contributed by atoms with E-state index in [0.717, 1.165) is 0 Å². The van der Waals surface area contributed by atoms with E-state index in [1.807, 2.05) is 18.0 Å². The van der Waals surface area contributed by atoms with Crippen molar-refractivity contribution in [3.63, 3.8) is 0 Å². The van der Waals surface area contributed by atoms with Crippen molar-refractivity contribution >= 4 is 21.4 Å². The molecule has 118 valence electrons. The molecule has 0 bridgehead atoms. The number of amides is 1. The molecule has 2 rings (SSSR count). The number of nitrogens with one attached hydrogen (secondary N) is 1. The van der Waals surface area contributed by atoms with Crippen molar-refractivity contribution in [2.75, 3.05) is 30.4 Å². The van der Waals surface area contributed by atoms with E-state index in [0.29, 0.717) is 24.2 Å². The molecule has 1 unspecified atom stereocenters. The first-order chi connectivity index (χ1) is 10.4. The van der Waals surface area contributed by atoms with Gasteiger partial charge < -0.3 is 10.2 Å². The number of anilines is 1. The fourth-order valence-corrected chi connectivity index (χ4v) is 4.28. The Kier molecular flexibility index (Phi) is 5.16. The van der Waals surface area contributed by atoms with Crippen LogP contribution in [0.4, 0.5) is 5.69 Å². The predicted molar refractivity (Wildman–Crippen MR) is 84.1 cm³/mol. The van der Waals surface area contributed by atoms with Crippen molar-refractivity contribution in [3.05, 3.63) is 29.8 Å². The summed E-state index contributed by atoms with van der Waals surface area (Å²) in [4.78, 5) is 13.8. The van der Waals surface area contributed by atoms with Crippen molar-refractivity contribution in [2.24, 2.45) is 0 Å². The van der Waals surface area contributed by atoms with Gasteiger partial charge in [-0.25, -0.2) is 8.42 Å². The zero-order valence-corrected chi connectivity index (χ0v) is 13.3. The first-order valence-corrected chi connectivity index (χ1v) is 8.92. The van der Waals surface area contributed by atoms with E-state index in [4.69, 9.17) is 5.26 Å². The van der Waals surface area contributed by atoms with Gasteiger partial charge in [-0.3, -0.25) is 4.79 Å². The third-order valence-corrected chi connectivity index (χ3v) is 5.55. The fraction of sp³-hybridized carbons (Fsp3) is 0.467. The van der Waals surface area contributed by atoms with E-state index in [2.05, 4.69) is 5.32 Å². The first-order valence-electron chi connectivity index (χ1n) is 7.10. The molecule has 0 aromatic heterocycles. The number of carbonyl (C=O) groups excluding carboxylic acids is 1. The number of nitrogens with zero attached hydrogens (tertiary/aromatic N) is 2. The highest BCUT2D eigenvalue weighted by Gasteiger charge is 2.30. The maximum atomic E-state index is 11.9. The second-order valence-electron chi connectivity index (χ2n) is 5.53. The summed E-state index contributed by atoms with van der Waals surface area (Å²) in [5.41, 5.74) is 1.08. The summed E-state index contributed by atoms with van der Waals surface area (Å²) in [6, 6.07) is 8.75. The molecule has 1 heterocycles. The third kappa shape index (κ3) is 4.55. The Hall–Kier alpha value is -1.91. The van der Waals surface area contributed by atoms with Crippen LogP contribution in [0.3, 0.4) is 0 Å². The normalized spacial score (nSPS) is 19.8. The number of carbonyl (C=O) groups is 1. The molecule has 0 aliphatic carbocycles. The van der Waals surface area contributed by atoms with Gasteiger partial charge in [0, 0.05) is 24.7 Å². The van der Waals surface area contributed by atoms with E-state index in [1.54, 1.807) is 24.3 Å². The van der Waals surface area contributed by atoms with Gasteiger partial charge in [0.05, 0.1) is 23.1 Å². The van der Waals surface area contributed by atoms with Crippen LogP contribution in [0.25, 0.3) is 0 Å². The second kappa shape index (κ2) is 6.90. The summed E-state index contributed by atoms with van der Waals surface area (Å²) in [6.07, 6.45) is 0.911. The number of rotatable bonds is 5. The van der Waals surface area contributed by atoms with Crippen molar-refractivity contribution in [1.29, 1.82) is 5.26 Å². The van der Waals surface area contributed by atoms with Gasteiger partial charge in [-0.2, -0.15) is 5.26 Å². The van der Waals surface area contributed by atoms with Crippen LogP contribution in [-0.4, -0.2) is 50.4 Å². The average molecular weight is 321 g/mol. The van der Waals surface area contributed by atoms with Gasteiger partial charge in [0.15, 0.2) is 9.84 Å². The zero-order chi connectivity index (χ0) is 16.2. The Morgan fingerprint density at radius 2 is 2.27 bits per heavy atom. The highest BCUT2D eigenvalue weighted by atomic mass is 32.2. The van der Waals surface area contributed by atoms with Crippen molar-refractivity contribution in [2.45, 2.75) is 18.9 Å². The van der Waals surface area contributed by atoms with Gasteiger partial charge >= 0.3 is 0 Å². The van der Waals surface area contributed by atoms with Gasteiger partial charge in [0.2, 0.25) is 5.91 Å². The summed E-state index contributed by atoms with van der Waals surface area (Å²) in [5.74, 6) is 0.257. The van der Waals surface area contributed by atoms with Crippen LogP contribution in [0.5, 0.6) is 0 Å². The topological polar surface area (TPSA) is 90.3 Å². The Balaban J connectivity index is 1.81. The molecule has 22 heavy (non-hydrogen) atoms. The Morgan fingerprint density at radius 3 is 2.91 bits per heavy atom. The Labute approximate surface area is 130 Å². The lowest BCUT2D eigenvalue weighted by atomic mass is 10.2. The van der Waals surface area contributed by atoms with Crippen molar-refractivity contribution < 1.29 is 13.2 Å². The second-order valence-corrected chi connectivity index (χ2v) is 7.76. The van der Waals surface area contributed by atoms with Gasteiger partial charge in [0.25, 0.3) is 0 Å². The maximum absolute atomic E-state index is 11.9. The monoisotopic (exact) mass is 321 g/mol. The lowest BCUT2D eigenvalue weighted by Crippen LogP contribution is -2.35. The third-order valence-electron chi connectivity index (χ3n) is 3.80. The fourth-order valence-electron chi connectivity index (χ4n) is 2.47. The lowest BCUT2D eigenvalue weighted by molar-refractivity contribution is -0.116. The minimum Gasteiger partial charge on any atom is -0.326 e. The molecular weight excluding hydrogens is 302 g/mol. The van der Waals surface area contributed by atoms with Crippen LogP contribution in [0.2, 0.25) is 0 Å². The van der Waals surface area contributed by atoms with E-state index < -0.39 is 9.84 Å². The number of sulfone groups is 1. The predicted octanol–water partition coefficient (Wildman–Crippen LogP) is 1.01. The van der Waals surface area contributed by atoms with E-state index in [-0.39, 0.29) is 29.9 Å². The first kappa shape index (κ1) is 16.5. The molecule has 7 heteroatoms. The standard InChI is InChI=1S/C15H19N3O3S/c1-18(14-6-8-22(20,21)11-14)7-5-15(19)17-13-4-2-3-12(9-13)10-16/h2-4,9,14H,5-8,11H2,1H3,(H,17,19). The highest BCUT2D eigenvalue weighted by Crippen LogP contribution is 2.17. The van der Waals surface area contributed by atoms with Gasteiger partial charge in [0.1, 0.15) is 0 Å². The lowest BCUT2D eigenvalue weighted by Gasteiger charge is -2.22.